The number of carbonyl (C=O) groups excluding carboxylic acids is 1. The number of nitrogens with zero attached hydrogens (tertiary/aromatic N) is 3. The van der Waals surface area contributed by atoms with Crippen LogP contribution in [0.4, 0.5) is 5.13 Å². The fourth-order valence-corrected chi connectivity index (χ4v) is 4.83. The lowest BCUT2D eigenvalue weighted by Crippen LogP contribution is -2.29. The molecule has 5 rings (SSSR count). The molecule has 0 saturated carbocycles. The SMILES string of the molecule is CCOc1ccc([C@H]2c3c(oc4ccc(Cl)cc4c3=O)C(=O)N2c2nnc(CC)s2)cc1. The molecule has 2 aromatic heterocycles. The molecule has 7 nitrogen and oxygen atoms in total. The van der Waals surface area contributed by atoms with Gasteiger partial charge in [0.15, 0.2) is 5.43 Å². The van der Waals surface area contributed by atoms with E-state index in [4.69, 9.17) is 20.8 Å². The minimum absolute atomic E-state index is 0.0111. The van der Waals surface area contributed by atoms with Crippen LogP contribution in [0.2, 0.25) is 5.02 Å². The number of aryl methyl sites for hydroxylation is 1. The van der Waals surface area contributed by atoms with Gasteiger partial charge in [-0.2, -0.15) is 0 Å². The monoisotopic (exact) mass is 467 g/mol. The van der Waals surface area contributed by atoms with E-state index in [2.05, 4.69) is 10.2 Å². The Morgan fingerprint density at radius 3 is 2.59 bits per heavy atom. The van der Waals surface area contributed by atoms with E-state index in [9.17, 15) is 9.59 Å². The van der Waals surface area contributed by atoms with Gasteiger partial charge in [-0.15, -0.1) is 10.2 Å². The van der Waals surface area contributed by atoms with Gasteiger partial charge >= 0.3 is 0 Å². The van der Waals surface area contributed by atoms with Gasteiger partial charge in [0.1, 0.15) is 16.3 Å². The van der Waals surface area contributed by atoms with E-state index in [-0.39, 0.29) is 16.8 Å². The highest BCUT2D eigenvalue weighted by Gasteiger charge is 2.45. The highest BCUT2D eigenvalue weighted by atomic mass is 35.5. The normalized spacial score (nSPS) is 15.4. The second kappa shape index (κ2) is 8.03. The van der Waals surface area contributed by atoms with Crippen molar-refractivity contribution in [2.75, 3.05) is 11.5 Å². The molecule has 3 heterocycles. The summed E-state index contributed by atoms with van der Waals surface area (Å²) in [7, 11) is 0. The number of halogens is 1. The Morgan fingerprint density at radius 2 is 1.91 bits per heavy atom. The zero-order valence-electron chi connectivity index (χ0n) is 17.3. The summed E-state index contributed by atoms with van der Waals surface area (Å²) in [4.78, 5) is 28.5. The number of aromatic nitrogens is 2. The van der Waals surface area contributed by atoms with Crippen molar-refractivity contribution in [2.45, 2.75) is 26.3 Å². The minimum atomic E-state index is -0.703. The predicted molar refractivity (Wildman–Crippen MR) is 123 cm³/mol. The predicted octanol–water partition coefficient (Wildman–Crippen LogP) is 5.01. The number of carbonyl (C=O) groups is 1. The summed E-state index contributed by atoms with van der Waals surface area (Å²) in [6.07, 6.45) is 0.694. The van der Waals surface area contributed by atoms with Crippen molar-refractivity contribution < 1.29 is 13.9 Å². The van der Waals surface area contributed by atoms with Crippen molar-refractivity contribution in [2.24, 2.45) is 0 Å². The number of benzene rings is 2. The molecule has 1 atom stereocenters. The standard InChI is InChI=1S/C23H18ClN3O4S/c1-3-17-25-26-23(32-17)27-19(12-5-8-14(9-6-12)30-4-2)18-20(28)15-11-13(24)7-10-16(15)31-21(18)22(27)29/h5-11,19H,3-4H2,1-2H3/t19-/m0/s1. The summed E-state index contributed by atoms with van der Waals surface area (Å²) in [5.74, 6) is 0.289. The molecule has 0 N–H and O–H groups in total. The number of fused-ring (bicyclic) bond motifs is 2. The molecule has 2 aromatic carbocycles. The van der Waals surface area contributed by atoms with Crippen LogP contribution in [0.3, 0.4) is 0 Å². The first-order valence-corrected chi connectivity index (χ1v) is 11.4. The topological polar surface area (TPSA) is 85.5 Å². The van der Waals surface area contributed by atoms with E-state index in [0.717, 1.165) is 10.6 Å². The number of anilines is 1. The van der Waals surface area contributed by atoms with Gasteiger partial charge in [0.05, 0.1) is 23.6 Å². The summed E-state index contributed by atoms with van der Waals surface area (Å²) in [5, 5.41) is 10.3. The third kappa shape index (κ3) is 3.27. The van der Waals surface area contributed by atoms with Gasteiger partial charge in [-0.3, -0.25) is 14.5 Å². The van der Waals surface area contributed by atoms with Gasteiger partial charge < -0.3 is 9.15 Å². The minimum Gasteiger partial charge on any atom is -0.494 e. The third-order valence-corrected chi connectivity index (χ3v) is 6.61. The summed E-state index contributed by atoms with van der Waals surface area (Å²) >= 11 is 7.45. The van der Waals surface area contributed by atoms with Crippen molar-refractivity contribution in [1.82, 2.24) is 10.2 Å². The lowest BCUT2D eigenvalue weighted by molar-refractivity contribution is 0.0970. The number of hydrogen-bond acceptors (Lipinski definition) is 7. The van der Waals surface area contributed by atoms with Crippen LogP contribution < -0.4 is 15.1 Å². The Hall–Kier alpha value is -3.23. The fourth-order valence-electron chi connectivity index (χ4n) is 3.86. The molecule has 162 valence electrons. The smallest absolute Gasteiger partial charge is 0.297 e. The van der Waals surface area contributed by atoms with E-state index in [1.54, 1.807) is 18.2 Å². The van der Waals surface area contributed by atoms with Crippen molar-refractivity contribution in [3.63, 3.8) is 0 Å². The molecule has 0 fully saturated rings. The van der Waals surface area contributed by atoms with E-state index in [1.807, 2.05) is 38.1 Å². The summed E-state index contributed by atoms with van der Waals surface area (Å²) in [5.41, 5.74) is 1.02. The van der Waals surface area contributed by atoms with E-state index >= 15 is 0 Å². The molecule has 1 amide bonds. The largest absolute Gasteiger partial charge is 0.494 e. The van der Waals surface area contributed by atoms with Crippen LogP contribution in [0, 0.1) is 0 Å². The zero-order valence-corrected chi connectivity index (χ0v) is 18.9. The molecule has 0 aliphatic carbocycles. The fraction of sp³-hybridized carbons (Fsp3) is 0.217. The second-order valence-corrected chi connectivity index (χ2v) is 8.70. The first-order chi connectivity index (χ1) is 15.5. The second-order valence-electron chi connectivity index (χ2n) is 7.23. The number of hydrogen-bond donors (Lipinski definition) is 0. The number of amides is 1. The van der Waals surface area contributed by atoms with E-state index < -0.39 is 11.9 Å². The first-order valence-electron chi connectivity index (χ1n) is 10.2. The highest BCUT2D eigenvalue weighted by molar-refractivity contribution is 7.15. The van der Waals surface area contributed by atoms with Gasteiger partial charge in [0.2, 0.25) is 10.9 Å². The Morgan fingerprint density at radius 1 is 1.12 bits per heavy atom. The van der Waals surface area contributed by atoms with E-state index in [0.29, 0.717) is 39.9 Å². The van der Waals surface area contributed by atoms with Gasteiger partial charge in [0.25, 0.3) is 5.91 Å². The first kappa shape index (κ1) is 20.7. The quantitative estimate of drug-likeness (QED) is 0.410. The van der Waals surface area contributed by atoms with Crippen LogP contribution in [-0.2, 0) is 6.42 Å². The van der Waals surface area contributed by atoms with E-state index in [1.165, 1.54) is 16.2 Å². The molecular formula is C23H18ClN3O4S. The maximum Gasteiger partial charge on any atom is 0.297 e. The molecule has 0 unspecified atom stereocenters. The van der Waals surface area contributed by atoms with Crippen molar-refractivity contribution >= 4 is 44.9 Å². The molecule has 1 aliphatic heterocycles. The molecule has 0 radical (unpaired) electrons. The van der Waals surface area contributed by atoms with Crippen LogP contribution in [0.1, 0.15) is 46.6 Å². The zero-order chi connectivity index (χ0) is 22.4. The van der Waals surface area contributed by atoms with Gasteiger partial charge in [-0.25, -0.2) is 0 Å². The van der Waals surface area contributed by atoms with Crippen LogP contribution >= 0.6 is 22.9 Å². The van der Waals surface area contributed by atoms with Gasteiger partial charge in [-0.1, -0.05) is 42.0 Å². The average molecular weight is 468 g/mol. The molecule has 0 spiro atoms. The van der Waals surface area contributed by atoms with Gasteiger partial charge in [-0.05, 0) is 49.2 Å². The Kier molecular flexibility index (Phi) is 5.19. The third-order valence-electron chi connectivity index (χ3n) is 5.30. The molecule has 0 saturated heterocycles. The molecule has 1 aliphatic rings. The van der Waals surface area contributed by atoms with Crippen molar-refractivity contribution in [3.8, 4) is 5.75 Å². The molecule has 32 heavy (non-hydrogen) atoms. The Labute approximate surface area is 192 Å². The Bertz CT molecular complexity index is 1400. The van der Waals surface area contributed by atoms with Crippen LogP contribution in [-0.4, -0.2) is 22.7 Å². The molecule has 9 heteroatoms. The van der Waals surface area contributed by atoms with Crippen LogP contribution in [0.25, 0.3) is 11.0 Å². The molecular weight excluding hydrogens is 450 g/mol. The summed E-state index contributed by atoms with van der Waals surface area (Å²) < 4.78 is 11.5. The van der Waals surface area contributed by atoms with Crippen molar-refractivity contribution in [3.05, 3.63) is 79.6 Å². The number of ether oxygens (including phenoxy) is 1. The highest BCUT2D eigenvalue weighted by Crippen LogP contribution is 2.42. The molecule has 4 aromatic rings. The van der Waals surface area contributed by atoms with Crippen molar-refractivity contribution in [1.29, 1.82) is 0 Å². The maximum atomic E-state index is 13.6. The van der Waals surface area contributed by atoms with Crippen LogP contribution in [0.5, 0.6) is 5.75 Å². The lowest BCUT2D eigenvalue weighted by Gasteiger charge is -2.22. The average Bonchev–Trinajstić information content (AvgIpc) is 3.38. The maximum absolute atomic E-state index is 13.6. The molecule has 0 bridgehead atoms. The summed E-state index contributed by atoms with van der Waals surface area (Å²) in [6.45, 7) is 4.41. The number of rotatable bonds is 5. The van der Waals surface area contributed by atoms with Crippen LogP contribution in [0.15, 0.2) is 51.7 Å². The Balaban J connectivity index is 1.75. The summed E-state index contributed by atoms with van der Waals surface area (Å²) in [6, 6.07) is 11.4. The lowest BCUT2D eigenvalue weighted by atomic mass is 9.98. The van der Waals surface area contributed by atoms with Gasteiger partial charge in [0, 0.05) is 5.02 Å².